The summed E-state index contributed by atoms with van der Waals surface area (Å²) in [6, 6.07) is 18.2. The molecule has 1 N–H and O–H groups in total. The maximum atomic E-state index is 12.0. The van der Waals surface area contributed by atoms with Gasteiger partial charge in [0, 0.05) is 25.2 Å². The topological polar surface area (TPSA) is 32.3 Å². The van der Waals surface area contributed by atoms with Gasteiger partial charge in [-0.15, -0.1) is 0 Å². The fourth-order valence-electron chi connectivity index (χ4n) is 2.31. The molecule has 0 spiro atoms. The lowest BCUT2D eigenvalue weighted by molar-refractivity contribution is -0.116. The molecule has 0 fully saturated rings. The van der Waals surface area contributed by atoms with Gasteiger partial charge in [0.2, 0.25) is 5.91 Å². The molecule has 0 aliphatic carbocycles. The number of hydrogen-bond donors (Lipinski definition) is 1. The molecule has 0 unspecified atom stereocenters. The third kappa shape index (κ3) is 5.34. The van der Waals surface area contributed by atoms with E-state index >= 15 is 0 Å². The lowest BCUT2D eigenvalue weighted by atomic mass is 10.2. The summed E-state index contributed by atoms with van der Waals surface area (Å²) in [7, 11) is 0. The SMILES string of the molecule is CCN(CCC(=O)Nc1ccc(C)cc1)Cc1ccccc1. The monoisotopic (exact) mass is 296 g/mol. The second-order valence-corrected chi connectivity index (χ2v) is 5.52. The molecule has 0 aliphatic rings. The molecule has 2 aromatic carbocycles. The average Bonchev–Trinajstić information content (AvgIpc) is 2.54. The molecule has 0 bridgehead atoms. The van der Waals surface area contributed by atoms with E-state index in [1.54, 1.807) is 0 Å². The molecular formula is C19H24N2O. The van der Waals surface area contributed by atoms with Gasteiger partial charge >= 0.3 is 0 Å². The molecule has 116 valence electrons. The Bertz CT molecular complexity index is 578. The summed E-state index contributed by atoms with van der Waals surface area (Å²) in [6.07, 6.45) is 0.508. The van der Waals surface area contributed by atoms with Gasteiger partial charge in [-0.2, -0.15) is 0 Å². The minimum atomic E-state index is 0.0652. The number of carbonyl (C=O) groups excluding carboxylic acids is 1. The molecule has 0 heterocycles. The highest BCUT2D eigenvalue weighted by Gasteiger charge is 2.07. The molecule has 2 rings (SSSR count). The summed E-state index contributed by atoms with van der Waals surface area (Å²) in [6.45, 7) is 6.75. The lowest BCUT2D eigenvalue weighted by Gasteiger charge is -2.20. The molecule has 1 amide bonds. The molecule has 3 nitrogen and oxygen atoms in total. The van der Waals surface area contributed by atoms with Gasteiger partial charge in [-0.1, -0.05) is 55.0 Å². The van der Waals surface area contributed by atoms with Gasteiger partial charge in [0.05, 0.1) is 0 Å². The van der Waals surface area contributed by atoms with Crippen LogP contribution >= 0.6 is 0 Å². The Morgan fingerprint density at radius 1 is 1.05 bits per heavy atom. The summed E-state index contributed by atoms with van der Waals surface area (Å²) in [5.41, 5.74) is 3.34. The van der Waals surface area contributed by atoms with Crippen molar-refractivity contribution in [2.24, 2.45) is 0 Å². The van der Waals surface area contributed by atoms with Gasteiger partial charge in [0.25, 0.3) is 0 Å². The zero-order valence-electron chi connectivity index (χ0n) is 13.4. The Balaban J connectivity index is 1.79. The molecule has 22 heavy (non-hydrogen) atoms. The van der Waals surface area contributed by atoms with E-state index in [0.717, 1.165) is 25.3 Å². The fourth-order valence-corrected chi connectivity index (χ4v) is 2.31. The molecule has 2 aromatic rings. The van der Waals surface area contributed by atoms with Crippen LogP contribution in [0.4, 0.5) is 5.69 Å². The first-order valence-corrected chi connectivity index (χ1v) is 7.80. The van der Waals surface area contributed by atoms with E-state index in [9.17, 15) is 4.79 Å². The molecule has 0 aromatic heterocycles. The summed E-state index contributed by atoms with van der Waals surface area (Å²) >= 11 is 0. The van der Waals surface area contributed by atoms with Crippen LogP contribution in [0.1, 0.15) is 24.5 Å². The van der Waals surface area contributed by atoms with E-state index in [-0.39, 0.29) is 5.91 Å². The fraction of sp³-hybridized carbons (Fsp3) is 0.316. The van der Waals surface area contributed by atoms with Crippen LogP contribution in [0.2, 0.25) is 0 Å². The highest BCUT2D eigenvalue weighted by molar-refractivity contribution is 5.90. The Morgan fingerprint density at radius 2 is 1.73 bits per heavy atom. The average molecular weight is 296 g/mol. The Kier molecular flexibility index (Phi) is 6.16. The van der Waals surface area contributed by atoms with Crippen molar-refractivity contribution in [2.45, 2.75) is 26.8 Å². The van der Waals surface area contributed by atoms with Crippen molar-refractivity contribution in [1.82, 2.24) is 4.90 Å². The van der Waals surface area contributed by atoms with Crippen molar-refractivity contribution >= 4 is 11.6 Å². The van der Waals surface area contributed by atoms with Crippen molar-refractivity contribution in [3.05, 3.63) is 65.7 Å². The van der Waals surface area contributed by atoms with Crippen LogP contribution < -0.4 is 5.32 Å². The smallest absolute Gasteiger partial charge is 0.225 e. The largest absolute Gasteiger partial charge is 0.326 e. The Hall–Kier alpha value is -2.13. The second-order valence-electron chi connectivity index (χ2n) is 5.52. The normalized spacial score (nSPS) is 10.7. The number of hydrogen-bond acceptors (Lipinski definition) is 2. The van der Waals surface area contributed by atoms with Crippen LogP contribution in [-0.4, -0.2) is 23.9 Å². The van der Waals surface area contributed by atoms with Crippen molar-refractivity contribution < 1.29 is 4.79 Å². The number of nitrogens with zero attached hydrogens (tertiary/aromatic N) is 1. The van der Waals surface area contributed by atoms with Crippen LogP contribution in [-0.2, 0) is 11.3 Å². The molecular weight excluding hydrogens is 272 g/mol. The number of benzene rings is 2. The zero-order valence-corrected chi connectivity index (χ0v) is 13.4. The van der Waals surface area contributed by atoms with Crippen LogP contribution in [0.3, 0.4) is 0 Å². The summed E-state index contributed by atoms with van der Waals surface area (Å²) in [5.74, 6) is 0.0652. The lowest BCUT2D eigenvalue weighted by Crippen LogP contribution is -2.27. The predicted octanol–water partition coefficient (Wildman–Crippen LogP) is 3.85. The molecule has 0 saturated heterocycles. The predicted molar refractivity (Wildman–Crippen MR) is 91.8 cm³/mol. The number of anilines is 1. The third-order valence-corrected chi connectivity index (χ3v) is 3.69. The van der Waals surface area contributed by atoms with E-state index in [2.05, 4.69) is 29.3 Å². The third-order valence-electron chi connectivity index (χ3n) is 3.69. The maximum Gasteiger partial charge on any atom is 0.225 e. The maximum absolute atomic E-state index is 12.0. The number of nitrogens with one attached hydrogen (secondary N) is 1. The number of rotatable bonds is 7. The molecule has 0 radical (unpaired) electrons. The van der Waals surface area contributed by atoms with Gasteiger partial charge in [-0.25, -0.2) is 0 Å². The van der Waals surface area contributed by atoms with Crippen LogP contribution in [0.15, 0.2) is 54.6 Å². The van der Waals surface area contributed by atoms with Crippen molar-refractivity contribution in [3.63, 3.8) is 0 Å². The van der Waals surface area contributed by atoms with Crippen molar-refractivity contribution in [2.75, 3.05) is 18.4 Å². The van der Waals surface area contributed by atoms with Crippen LogP contribution in [0, 0.1) is 6.92 Å². The quantitative estimate of drug-likeness (QED) is 0.842. The molecule has 0 aliphatic heterocycles. The molecule has 0 atom stereocenters. The molecule has 3 heteroatoms. The van der Waals surface area contributed by atoms with E-state index in [0.29, 0.717) is 6.42 Å². The first kappa shape index (κ1) is 16.2. The number of carbonyl (C=O) groups is 1. The standard InChI is InChI=1S/C19H24N2O/c1-3-21(15-17-7-5-4-6-8-17)14-13-19(22)20-18-11-9-16(2)10-12-18/h4-12H,3,13-15H2,1-2H3,(H,20,22). The van der Waals surface area contributed by atoms with E-state index in [1.807, 2.05) is 49.4 Å². The van der Waals surface area contributed by atoms with Gasteiger partial charge in [0.1, 0.15) is 0 Å². The zero-order chi connectivity index (χ0) is 15.8. The van der Waals surface area contributed by atoms with Gasteiger partial charge in [-0.05, 0) is 31.2 Å². The second kappa shape index (κ2) is 8.35. The van der Waals surface area contributed by atoms with Crippen molar-refractivity contribution in [1.29, 1.82) is 0 Å². The number of aryl methyl sites for hydroxylation is 1. The highest BCUT2D eigenvalue weighted by atomic mass is 16.1. The van der Waals surface area contributed by atoms with E-state index < -0.39 is 0 Å². The van der Waals surface area contributed by atoms with Gasteiger partial charge < -0.3 is 5.32 Å². The minimum absolute atomic E-state index is 0.0652. The highest BCUT2D eigenvalue weighted by Crippen LogP contribution is 2.09. The Labute approximate surface area is 133 Å². The Morgan fingerprint density at radius 3 is 2.36 bits per heavy atom. The van der Waals surface area contributed by atoms with Gasteiger partial charge in [-0.3, -0.25) is 9.69 Å². The van der Waals surface area contributed by atoms with Crippen LogP contribution in [0.25, 0.3) is 0 Å². The summed E-state index contributed by atoms with van der Waals surface area (Å²) in [5, 5.41) is 2.95. The van der Waals surface area contributed by atoms with E-state index in [4.69, 9.17) is 0 Å². The number of amides is 1. The summed E-state index contributed by atoms with van der Waals surface area (Å²) in [4.78, 5) is 14.3. The van der Waals surface area contributed by atoms with E-state index in [1.165, 1.54) is 11.1 Å². The first-order chi connectivity index (χ1) is 10.7. The molecule has 0 saturated carbocycles. The van der Waals surface area contributed by atoms with Crippen molar-refractivity contribution in [3.8, 4) is 0 Å². The van der Waals surface area contributed by atoms with Gasteiger partial charge in [0.15, 0.2) is 0 Å². The first-order valence-electron chi connectivity index (χ1n) is 7.80. The summed E-state index contributed by atoms with van der Waals surface area (Å²) < 4.78 is 0. The minimum Gasteiger partial charge on any atom is -0.326 e. The van der Waals surface area contributed by atoms with Crippen LogP contribution in [0.5, 0.6) is 0 Å².